The van der Waals surface area contributed by atoms with E-state index in [-0.39, 0.29) is 5.41 Å². The monoisotopic (exact) mass is 207 g/mol. The van der Waals surface area contributed by atoms with E-state index in [0.717, 1.165) is 25.9 Å². The van der Waals surface area contributed by atoms with Crippen molar-refractivity contribution in [1.82, 2.24) is 4.90 Å². The van der Waals surface area contributed by atoms with Crippen molar-refractivity contribution >= 4 is 5.91 Å². The number of hydrogen-bond acceptors (Lipinski definition) is 1. The van der Waals surface area contributed by atoms with Crippen LogP contribution in [0.1, 0.15) is 40.0 Å². The van der Waals surface area contributed by atoms with Crippen molar-refractivity contribution in [1.29, 1.82) is 0 Å². The first-order valence-electron chi connectivity index (χ1n) is 5.66. The summed E-state index contributed by atoms with van der Waals surface area (Å²) in [6, 6.07) is 0. The van der Waals surface area contributed by atoms with Gasteiger partial charge in [-0.15, -0.1) is 12.3 Å². The van der Waals surface area contributed by atoms with Gasteiger partial charge in [-0.05, 0) is 17.8 Å². The first-order chi connectivity index (χ1) is 6.95. The fourth-order valence-corrected chi connectivity index (χ4v) is 1.94. The van der Waals surface area contributed by atoms with E-state index >= 15 is 0 Å². The number of likely N-dealkylation sites (tertiary alicyclic amines) is 1. The molecule has 1 atom stereocenters. The molecule has 0 spiro atoms. The van der Waals surface area contributed by atoms with E-state index in [9.17, 15) is 4.79 Å². The Balaban J connectivity index is 2.44. The number of amides is 1. The molecule has 1 saturated heterocycles. The molecule has 0 saturated carbocycles. The van der Waals surface area contributed by atoms with Crippen LogP contribution in [0.4, 0.5) is 0 Å². The van der Waals surface area contributed by atoms with Gasteiger partial charge in [-0.3, -0.25) is 4.79 Å². The molecule has 0 aromatic carbocycles. The standard InChI is InChI=1S/C13H21NO/c1-5-6-7-8-14-10-11(9-12(14)15)13(2,3)4/h1,11H,6-10H2,2-4H3. The summed E-state index contributed by atoms with van der Waals surface area (Å²) < 4.78 is 0. The lowest BCUT2D eigenvalue weighted by atomic mass is 9.80. The molecule has 2 nitrogen and oxygen atoms in total. The maximum atomic E-state index is 11.7. The Hall–Kier alpha value is -0.970. The molecule has 0 aromatic heterocycles. The van der Waals surface area contributed by atoms with Gasteiger partial charge in [0.05, 0.1) is 0 Å². The van der Waals surface area contributed by atoms with Gasteiger partial charge in [0.2, 0.25) is 5.91 Å². The Morgan fingerprint density at radius 1 is 1.53 bits per heavy atom. The summed E-state index contributed by atoms with van der Waals surface area (Å²) in [6.45, 7) is 8.35. The van der Waals surface area contributed by atoms with Crippen molar-refractivity contribution in [2.24, 2.45) is 11.3 Å². The Morgan fingerprint density at radius 2 is 2.20 bits per heavy atom. The molecule has 1 amide bonds. The number of carbonyl (C=O) groups is 1. The van der Waals surface area contributed by atoms with Crippen molar-refractivity contribution in [2.45, 2.75) is 40.0 Å². The number of hydrogen-bond donors (Lipinski definition) is 0. The third-order valence-electron chi connectivity index (χ3n) is 3.19. The molecule has 0 N–H and O–H groups in total. The smallest absolute Gasteiger partial charge is 0.222 e. The number of unbranched alkanes of at least 4 members (excludes halogenated alkanes) is 1. The molecule has 0 aliphatic carbocycles. The maximum Gasteiger partial charge on any atom is 0.222 e. The quantitative estimate of drug-likeness (QED) is 0.513. The van der Waals surface area contributed by atoms with Gasteiger partial charge >= 0.3 is 0 Å². The normalized spacial score (nSPS) is 21.9. The predicted molar refractivity (Wildman–Crippen MR) is 62.2 cm³/mol. The lowest BCUT2D eigenvalue weighted by Crippen LogP contribution is -2.28. The van der Waals surface area contributed by atoms with E-state index in [1.807, 2.05) is 4.90 Å². The zero-order chi connectivity index (χ0) is 11.5. The number of nitrogens with zero attached hydrogens (tertiary/aromatic N) is 1. The van der Waals surface area contributed by atoms with Crippen LogP contribution >= 0.6 is 0 Å². The highest BCUT2D eigenvalue weighted by Gasteiger charge is 2.36. The summed E-state index contributed by atoms with van der Waals surface area (Å²) in [5, 5.41) is 0. The Labute approximate surface area is 93.0 Å². The predicted octanol–water partition coefficient (Wildman–Crippen LogP) is 2.29. The Bertz CT molecular complexity index is 269. The van der Waals surface area contributed by atoms with Crippen LogP contribution in [0.15, 0.2) is 0 Å². The number of carbonyl (C=O) groups excluding carboxylic acids is 1. The molecule has 1 heterocycles. The van der Waals surface area contributed by atoms with Gasteiger partial charge in [-0.25, -0.2) is 0 Å². The van der Waals surface area contributed by atoms with Crippen molar-refractivity contribution in [3.05, 3.63) is 0 Å². The van der Waals surface area contributed by atoms with E-state index in [4.69, 9.17) is 6.42 Å². The second-order valence-electron chi connectivity index (χ2n) is 5.41. The highest BCUT2D eigenvalue weighted by atomic mass is 16.2. The van der Waals surface area contributed by atoms with E-state index < -0.39 is 0 Å². The fraction of sp³-hybridized carbons (Fsp3) is 0.769. The van der Waals surface area contributed by atoms with Gasteiger partial charge in [-0.2, -0.15) is 0 Å². The SMILES string of the molecule is C#CCCCN1CC(C(C)(C)C)CC1=O. The first-order valence-corrected chi connectivity index (χ1v) is 5.66. The van der Waals surface area contributed by atoms with Crippen LogP contribution in [0, 0.1) is 23.7 Å². The van der Waals surface area contributed by atoms with E-state index in [1.165, 1.54) is 0 Å². The summed E-state index contributed by atoms with van der Waals surface area (Å²) in [5.74, 6) is 3.40. The first kappa shape index (κ1) is 12.1. The molecule has 0 bridgehead atoms. The Morgan fingerprint density at radius 3 is 2.67 bits per heavy atom. The average molecular weight is 207 g/mol. The Kier molecular flexibility index (Phi) is 3.79. The van der Waals surface area contributed by atoms with Gasteiger partial charge in [-0.1, -0.05) is 20.8 Å². The molecule has 0 radical (unpaired) electrons. The van der Waals surface area contributed by atoms with Crippen molar-refractivity contribution < 1.29 is 4.79 Å². The van der Waals surface area contributed by atoms with Gasteiger partial charge in [0, 0.05) is 25.9 Å². The highest BCUT2D eigenvalue weighted by Crippen LogP contribution is 2.34. The lowest BCUT2D eigenvalue weighted by Gasteiger charge is -2.26. The second kappa shape index (κ2) is 4.70. The summed E-state index contributed by atoms with van der Waals surface area (Å²) >= 11 is 0. The minimum Gasteiger partial charge on any atom is -0.342 e. The summed E-state index contributed by atoms with van der Waals surface area (Å²) in [6.07, 6.45) is 7.60. The molecule has 1 fully saturated rings. The van der Waals surface area contributed by atoms with Crippen LogP contribution in [0.3, 0.4) is 0 Å². The van der Waals surface area contributed by atoms with Crippen LogP contribution < -0.4 is 0 Å². The largest absolute Gasteiger partial charge is 0.342 e. The van der Waals surface area contributed by atoms with Crippen molar-refractivity contribution in [3.8, 4) is 12.3 Å². The number of rotatable bonds is 3. The molecule has 84 valence electrons. The second-order valence-corrected chi connectivity index (χ2v) is 5.41. The van der Waals surface area contributed by atoms with Crippen LogP contribution in [0.5, 0.6) is 0 Å². The van der Waals surface area contributed by atoms with Crippen molar-refractivity contribution in [3.63, 3.8) is 0 Å². The highest BCUT2D eigenvalue weighted by molar-refractivity contribution is 5.78. The zero-order valence-corrected chi connectivity index (χ0v) is 10.0. The van der Waals surface area contributed by atoms with Crippen LogP contribution in [-0.4, -0.2) is 23.9 Å². The number of terminal acetylenes is 1. The van der Waals surface area contributed by atoms with Crippen LogP contribution in [0.2, 0.25) is 0 Å². The van der Waals surface area contributed by atoms with Gasteiger partial charge in [0.1, 0.15) is 0 Å². The van der Waals surface area contributed by atoms with Gasteiger partial charge in [0.25, 0.3) is 0 Å². The summed E-state index contributed by atoms with van der Waals surface area (Å²) in [4.78, 5) is 13.7. The molecular formula is C13H21NO. The fourth-order valence-electron chi connectivity index (χ4n) is 1.94. The summed E-state index contributed by atoms with van der Waals surface area (Å²) in [7, 11) is 0. The molecule has 0 aromatic rings. The molecule has 1 aliphatic heterocycles. The molecular weight excluding hydrogens is 186 g/mol. The molecule has 15 heavy (non-hydrogen) atoms. The minimum atomic E-state index is 0.233. The van der Waals surface area contributed by atoms with E-state index in [1.54, 1.807) is 0 Å². The van der Waals surface area contributed by atoms with Gasteiger partial charge in [0.15, 0.2) is 0 Å². The van der Waals surface area contributed by atoms with Gasteiger partial charge < -0.3 is 4.90 Å². The maximum absolute atomic E-state index is 11.7. The molecule has 1 rings (SSSR count). The lowest BCUT2D eigenvalue weighted by molar-refractivity contribution is -0.127. The zero-order valence-electron chi connectivity index (χ0n) is 10.0. The molecule has 1 unspecified atom stereocenters. The van der Waals surface area contributed by atoms with E-state index in [2.05, 4.69) is 26.7 Å². The minimum absolute atomic E-state index is 0.233. The third-order valence-corrected chi connectivity index (χ3v) is 3.19. The van der Waals surface area contributed by atoms with Crippen LogP contribution in [-0.2, 0) is 4.79 Å². The van der Waals surface area contributed by atoms with Crippen molar-refractivity contribution in [2.75, 3.05) is 13.1 Å². The molecule has 2 heteroatoms. The third kappa shape index (κ3) is 3.27. The van der Waals surface area contributed by atoms with E-state index in [0.29, 0.717) is 18.2 Å². The average Bonchev–Trinajstić information content (AvgIpc) is 2.48. The summed E-state index contributed by atoms with van der Waals surface area (Å²) in [5.41, 5.74) is 0.233. The topological polar surface area (TPSA) is 20.3 Å². The molecule has 1 aliphatic rings. The van der Waals surface area contributed by atoms with Crippen LogP contribution in [0.25, 0.3) is 0 Å².